The topological polar surface area (TPSA) is 19.0 Å². The molecule has 21 heavy (non-hydrogen) atoms. The van der Waals surface area contributed by atoms with E-state index < -0.39 is 0 Å². The number of rotatable bonds is 0. The van der Waals surface area contributed by atoms with Gasteiger partial charge in [0.1, 0.15) is 0 Å². The van der Waals surface area contributed by atoms with E-state index in [9.17, 15) is 0 Å². The average molecular weight is 280 g/mol. The maximum absolute atomic E-state index is 3.77. The molecule has 0 amide bonds. The third kappa shape index (κ3) is 1.81. The van der Waals surface area contributed by atoms with Gasteiger partial charge in [0.25, 0.3) is 0 Å². The molecule has 2 heteroatoms. The van der Waals surface area contributed by atoms with Crippen molar-refractivity contribution in [2.75, 3.05) is 13.1 Å². The molecule has 1 aromatic carbocycles. The van der Waals surface area contributed by atoms with Crippen LogP contribution in [-0.4, -0.2) is 23.0 Å². The molecule has 1 N–H and O–H groups in total. The van der Waals surface area contributed by atoms with E-state index in [1.54, 1.807) is 11.3 Å². The highest BCUT2D eigenvalue weighted by Crippen LogP contribution is 2.46. The third-order valence-electron chi connectivity index (χ3n) is 6.33. The van der Waals surface area contributed by atoms with Crippen LogP contribution in [0.5, 0.6) is 0 Å². The fourth-order valence-corrected chi connectivity index (χ4v) is 5.28. The summed E-state index contributed by atoms with van der Waals surface area (Å²) < 4.78 is 0. The number of hydrogen-bond donors (Lipinski definition) is 1. The molecule has 1 aromatic heterocycles. The zero-order valence-electron chi connectivity index (χ0n) is 12.6. The van der Waals surface area contributed by atoms with Gasteiger partial charge in [-0.15, -0.1) is 0 Å². The minimum Gasteiger partial charge on any atom is -0.357 e. The highest BCUT2D eigenvalue weighted by molar-refractivity contribution is 5.85. The van der Waals surface area contributed by atoms with Gasteiger partial charge in [0.15, 0.2) is 0 Å². The summed E-state index contributed by atoms with van der Waals surface area (Å²) in [4.78, 5) is 6.55. The number of para-hydroxylation sites is 1. The standard InChI is InChI=1S/C19H24N2/c1-2-6-14-12-21-10-9-16-15-7-3-4-8-17(15)20-19(16)18(21)11-13(14)5-1/h3-4,7-8,13-14,18,20H,1-2,5-6,9-12H2/t13-,14+,18+/m0/s1. The van der Waals surface area contributed by atoms with E-state index in [2.05, 4.69) is 34.1 Å². The minimum absolute atomic E-state index is 0.667. The van der Waals surface area contributed by atoms with E-state index in [1.807, 2.05) is 0 Å². The maximum Gasteiger partial charge on any atom is 0.0504 e. The van der Waals surface area contributed by atoms with E-state index in [0.29, 0.717) is 6.04 Å². The van der Waals surface area contributed by atoms with Crippen LogP contribution in [0, 0.1) is 11.8 Å². The molecule has 2 nitrogen and oxygen atoms in total. The molecule has 2 aliphatic heterocycles. The molecule has 110 valence electrons. The second kappa shape index (κ2) is 4.61. The molecule has 0 unspecified atom stereocenters. The Morgan fingerprint density at radius 1 is 1.05 bits per heavy atom. The molecule has 3 atom stereocenters. The molecule has 1 saturated heterocycles. The summed E-state index contributed by atoms with van der Waals surface area (Å²) >= 11 is 0. The first kappa shape index (κ1) is 12.3. The molecular weight excluding hydrogens is 256 g/mol. The zero-order valence-corrected chi connectivity index (χ0v) is 12.6. The summed E-state index contributed by atoms with van der Waals surface area (Å²) in [7, 11) is 0. The molecule has 5 rings (SSSR count). The lowest BCUT2D eigenvalue weighted by Gasteiger charge is -2.48. The molecule has 0 bridgehead atoms. The molecule has 2 fully saturated rings. The van der Waals surface area contributed by atoms with Crippen LogP contribution in [0.15, 0.2) is 24.3 Å². The van der Waals surface area contributed by atoms with Crippen molar-refractivity contribution in [3.05, 3.63) is 35.5 Å². The second-order valence-corrected chi connectivity index (χ2v) is 7.36. The molecule has 1 aliphatic carbocycles. The lowest BCUT2D eigenvalue weighted by Crippen LogP contribution is -2.46. The Kier molecular flexibility index (Phi) is 2.69. The van der Waals surface area contributed by atoms with Crippen molar-refractivity contribution in [1.82, 2.24) is 9.88 Å². The van der Waals surface area contributed by atoms with E-state index in [-0.39, 0.29) is 0 Å². The molecule has 3 heterocycles. The van der Waals surface area contributed by atoms with Crippen LogP contribution in [0.25, 0.3) is 10.9 Å². The van der Waals surface area contributed by atoms with Crippen molar-refractivity contribution >= 4 is 10.9 Å². The van der Waals surface area contributed by atoms with Crippen LogP contribution >= 0.6 is 0 Å². The summed E-state index contributed by atoms with van der Waals surface area (Å²) in [5.41, 5.74) is 4.50. The molecule has 1 saturated carbocycles. The number of piperidine rings is 1. The zero-order chi connectivity index (χ0) is 13.8. The third-order valence-corrected chi connectivity index (χ3v) is 6.33. The molecule has 3 aliphatic rings. The molecule has 0 radical (unpaired) electrons. The van der Waals surface area contributed by atoms with Crippen LogP contribution in [0.1, 0.15) is 49.4 Å². The quantitative estimate of drug-likeness (QED) is 0.763. The number of fused-ring (bicyclic) bond motifs is 6. The van der Waals surface area contributed by atoms with Crippen molar-refractivity contribution in [3.63, 3.8) is 0 Å². The van der Waals surface area contributed by atoms with Gasteiger partial charge in [-0.25, -0.2) is 0 Å². The van der Waals surface area contributed by atoms with Gasteiger partial charge in [0, 0.05) is 29.7 Å². The Morgan fingerprint density at radius 2 is 1.90 bits per heavy atom. The van der Waals surface area contributed by atoms with Crippen molar-refractivity contribution in [2.45, 2.75) is 44.6 Å². The highest BCUT2D eigenvalue weighted by atomic mass is 15.2. The van der Waals surface area contributed by atoms with E-state index in [4.69, 9.17) is 0 Å². The van der Waals surface area contributed by atoms with E-state index >= 15 is 0 Å². The van der Waals surface area contributed by atoms with Gasteiger partial charge < -0.3 is 4.98 Å². The number of aromatic nitrogens is 1. The van der Waals surface area contributed by atoms with Gasteiger partial charge >= 0.3 is 0 Å². The number of benzene rings is 1. The fraction of sp³-hybridized carbons (Fsp3) is 0.579. The molecule has 2 aromatic rings. The number of H-pyrrole nitrogens is 1. The summed E-state index contributed by atoms with van der Waals surface area (Å²) in [6.45, 7) is 2.62. The number of nitrogens with zero attached hydrogens (tertiary/aromatic N) is 1. The van der Waals surface area contributed by atoms with Gasteiger partial charge in [-0.05, 0) is 42.7 Å². The predicted molar refractivity (Wildman–Crippen MR) is 86.4 cm³/mol. The van der Waals surface area contributed by atoms with E-state index in [0.717, 1.165) is 11.8 Å². The first-order valence-electron chi connectivity index (χ1n) is 8.73. The summed E-state index contributed by atoms with van der Waals surface area (Å²) in [5.74, 6) is 1.97. The average Bonchev–Trinajstić information content (AvgIpc) is 2.92. The Hall–Kier alpha value is -1.28. The minimum atomic E-state index is 0.667. The van der Waals surface area contributed by atoms with Crippen LogP contribution in [0.4, 0.5) is 0 Å². The lowest BCUT2D eigenvalue weighted by atomic mass is 9.71. The SMILES string of the molecule is c1ccc2c3c([nH]c2c1)[C@H]1C[C@@H]2CCCC[C@@H]2CN1CC3. The van der Waals surface area contributed by atoms with Crippen LogP contribution in [0.3, 0.4) is 0 Å². The highest BCUT2D eigenvalue weighted by Gasteiger charge is 2.40. The summed E-state index contributed by atoms with van der Waals surface area (Å²) in [5, 5.41) is 1.47. The Bertz CT molecular complexity index is 671. The first-order chi connectivity index (χ1) is 10.4. The fourth-order valence-electron chi connectivity index (χ4n) is 5.28. The van der Waals surface area contributed by atoms with Crippen LogP contribution in [-0.2, 0) is 6.42 Å². The van der Waals surface area contributed by atoms with Gasteiger partial charge in [0.2, 0.25) is 0 Å². The predicted octanol–water partition coefficient (Wildman–Crippen LogP) is 4.28. The number of aromatic amines is 1. The summed E-state index contributed by atoms with van der Waals surface area (Å²) in [6.07, 6.45) is 8.51. The largest absolute Gasteiger partial charge is 0.357 e. The van der Waals surface area contributed by atoms with Crippen LogP contribution < -0.4 is 0 Å². The molecule has 0 spiro atoms. The normalized spacial score (nSPS) is 32.5. The number of nitrogens with one attached hydrogen (secondary N) is 1. The number of hydrogen-bond acceptors (Lipinski definition) is 1. The van der Waals surface area contributed by atoms with Crippen LogP contribution in [0.2, 0.25) is 0 Å². The monoisotopic (exact) mass is 280 g/mol. The van der Waals surface area contributed by atoms with Crippen molar-refractivity contribution < 1.29 is 0 Å². The maximum atomic E-state index is 3.77. The van der Waals surface area contributed by atoms with E-state index in [1.165, 1.54) is 62.5 Å². The first-order valence-corrected chi connectivity index (χ1v) is 8.73. The van der Waals surface area contributed by atoms with Gasteiger partial charge in [-0.1, -0.05) is 37.5 Å². The Labute approximate surface area is 126 Å². The van der Waals surface area contributed by atoms with Gasteiger partial charge in [-0.3, -0.25) is 4.90 Å². The van der Waals surface area contributed by atoms with Crippen molar-refractivity contribution in [2.24, 2.45) is 11.8 Å². The van der Waals surface area contributed by atoms with Crippen molar-refractivity contribution in [3.8, 4) is 0 Å². The van der Waals surface area contributed by atoms with Gasteiger partial charge in [-0.2, -0.15) is 0 Å². The second-order valence-electron chi connectivity index (χ2n) is 7.36. The Balaban J connectivity index is 1.56. The Morgan fingerprint density at radius 3 is 2.86 bits per heavy atom. The molecular formula is C19H24N2. The smallest absolute Gasteiger partial charge is 0.0504 e. The summed E-state index contributed by atoms with van der Waals surface area (Å²) in [6, 6.07) is 9.54. The van der Waals surface area contributed by atoms with Crippen molar-refractivity contribution in [1.29, 1.82) is 0 Å². The van der Waals surface area contributed by atoms with Gasteiger partial charge in [0.05, 0.1) is 6.04 Å². The lowest BCUT2D eigenvalue weighted by molar-refractivity contribution is 0.0308.